The standard InChI is InChI=1S/C20H18Cl2O2S/c1-20(2,19(23)24)11-13-10-14-12(5-3-8-18(14)25-13)9-15-16(21)6-4-7-17(15)22/h3-8,10H,9,11H2,1-2H3,(H,23,24). The predicted octanol–water partition coefficient (Wildman–Crippen LogP) is 6.45. The number of benzene rings is 2. The molecule has 1 heterocycles. The van der Waals surface area contributed by atoms with E-state index < -0.39 is 11.4 Å². The average Bonchev–Trinajstić information content (AvgIpc) is 2.93. The fourth-order valence-corrected chi connectivity index (χ4v) is 4.69. The highest BCUT2D eigenvalue weighted by Crippen LogP contribution is 2.35. The van der Waals surface area contributed by atoms with Gasteiger partial charge in [0, 0.05) is 26.0 Å². The van der Waals surface area contributed by atoms with E-state index >= 15 is 0 Å². The van der Waals surface area contributed by atoms with Gasteiger partial charge in [0.05, 0.1) is 5.41 Å². The third-order valence-corrected chi connectivity index (χ3v) is 6.14. The Morgan fingerprint density at radius 3 is 2.40 bits per heavy atom. The van der Waals surface area contributed by atoms with Crippen LogP contribution in [0.3, 0.4) is 0 Å². The van der Waals surface area contributed by atoms with Crippen LogP contribution in [0, 0.1) is 5.41 Å². The van der Waals surface area contributed by atoms with Crippen molar-refractivity contribution < 1.29 is 9.90 Å². The highest BCUT2D eigenvalue weighted by Gasteiger charge is 2.28. The third kappa shape index (κ3) is 3.84. The maximum atomic E-state index is 11.4. The first-order chi connectivity index (χ1) is 11.8. The van der Waals surface area contributed by atoms with E-state index in [1.165, 1.54) is 0 Å². The first-order valence-corrected chi connectivity index (χ1v) is 9.52. The second-order valence-corrected chi connectivity index (χ2v) is 8.77. The molecule has 1 aromatic heterocycles. The first kappa shape index (κ1) is 18.2. The Morgan fingerprint density at radius 2 is 1.76 bits per heavy atom. The molecule has 0 bridgehead atoms. The van der Waals surface area contributed by atoms with Crippen LogP contribution in [0.4, 0.5) is 0 Å². The molecular formula is C20H18Cl2O2S. The summed E-state index contributed by atoms with van der Waals surface area (Å²) in [5.41, 5.74) is 1.27. The van der Waals surface area contributed by atoms with Crippen molar-refractivity contribution in [3.8, 4) is 0 Å². The molecule has 0 amide bonds. The number of carboxylic acids is 1. The van der Waals surface area contributed by atoms with Crippen molar-refractivity contribution in [3.63, 3.8) is 0 Å². The highest BCUT2D eigenvalue weighted by molar-refractivity contribution is 7.19. The predicted molar refractivity (Wildman–Crippen MR) is 106 cm³/mol. The van der Waals surface area contributed by atoms with Gasteiger partial charge in [0.1, 0.15) is 0 Å². The van der Waals surface area contributed by atoms with Gasteiger partial charge in [0.15, 0.2) is 0 Å². The number of rotatable bonds is 5. The van der Waals surface area contributed by atoms with E-state index in [-0.39, 0.29) is 0 Å². The molecule has 0 saturated carbocycles. The molecule has 2 aromatic carbocycles. The molecule has 5 heteroatoms. The molecule has 0 radical (unpaired) electrons. The number of hydrogen-bond acceptors (Lipinski definition) is 2. The van der Waals surface area contributed by atoms with Crippen molar-refractivity contribution in [1.29, 1.82) is 0 Å². The van der Waals surface area contributed by atoms with Gasteiger partial charge in [-0.3, -0.25) is 4.79 Å². The normalized spacial score (nSPS) is 11.8. The number of fused-ring (bicyclic) bond motifs is 1. The number of aliphatic carboxylic acids is 1. The van der Waals surface area contributed by atoms with Crippen LogP contribution in [0.25, 0.3) is 10.1 Å². The van der Waals surface area contributed by atoms with Crippen molar-refractivity contribution in [2.24, 2.45) is 5.41 Å². The Kier molecular flexibility index (Phi) is 5.10. The molecule has 0 aliphatic rings. The van der Waals surface area contributed by atoms with E-state index in [4.69, 9.17) is 23.2 Å². The Hall–Kier alpha value is -1.55. The largest absolute Gasteiger partial charge is 0.481 e. The number of carbonyl (C=O) groups is 1. The van der Waals surface area contributed by atoms with Crippen molar-refractivity contribution >= 4 is 50.6 Å². The molecule has 3 rings (SSSR count). The van der Waals surface area contributed by atoms with Gasteiger partial charge in [-0.05, 0) is 61.0 Å². The fraction of sp³-hybridized carbons (Fsp3) is 0.250. The van der Waals surface area contributed by atoms with E-state index in [0.717, 1.165) is 26.1 Å². The van der Waals surface area contributed by atoms with Gasteiger partial charge in [0.2, 0.25) is 0 Å². The van der Waals surface area contributed by atoms with Gasteiger partial charge in [-0.2, -0.15) is 0 Å². The van der Waals surface area contributed by atoms with Gasteiger partial charge >= 0.3 is 5.97 Å². The highest BCUT2D eigenvalue weighted by atomic mass is 35.5. The van der Waals surface area contributed by atoms with Crippen molar-refractivity contribution in [3.05, 3.63) is 68.5 Å². The summed E-state index contributed by atoms with van der Waals surface area (Å²) < 4.78 is 1.15. The van der Waals surface area contributed by atoms with Gasteiger partial charge in [-0.25, -0.2) is 0 Å². The lowest BCUT2D eigenvalue weighted by Crippen LogP contribution is -2.25. The van der Waals surface area contributed by atoms with Crippen molar-refractivity contribution in [1.82, 2.24) is 0 Å². The SMILES string of the molecule is CC(C)(Cc1cc2c(Cc3c(Cl)cccc3Cl)cccc2s1)C(=O)O. The number of carboxylic acid groups (broad SMARTS) is 1. The molecular weight excluding hydrogens is 375 g/mol. The number of thiophene rings is 1. The Bertz CT molecular complexity index is 924. The van der Waals surface area contributed by atoms with Crippen LogP contribution in [0.1, 0.15) is 29.9 Å². The van der Waals surface area contributed by atoms with Crippen LogP contribution in [0.5, 0.6) is 0 Å². The van der Waals surface area contributed by atoms with E-state index in [1.54, 1.807) is 25.2 Å². The van der Waals surface area contributed by atoms with Crippen molar-refractivity contribution in [2.45, 2.75) is 26.7 Å². The summed E-state index contributed by atoms with van der Waals surface area (Å²) in [7, 11) is 0. The van der Waals surface area contributed by atoms with Crippen LogP contribution < -0.4 is 0 Å². The summed E-state index contributed by atoms with van der Waals surface area (Å²) in [6, 6.07) is 13.8. The average molecular weight is 393 g/mol. The van der Waals surface area contributed by atoms with Crippen LogP contribution >= 0.6 is 34.5 Å². The van der Waals surface area contributed by atoms with Crippen LogP contribution in [0.2, 0.25) is 10.0 Å². The molecule has 0 unspecified atom stereocenters. The molecule has 0 aliphatic carbocycles. The molecule has 0 saturated heterocycles. The maximum absolute atomic E-state index is 11.4. The lowest BCUT2D eigenvalue weighted by atomic mass is 9.89. The third-order valence-electron chi connectivity index (χ3n) is 4.33. The van der Waals surface area contributed by atoms with Gasteiger partial charge in [-0.1, -0.05) is 41.4 Å². The molecule has 2 nitrogen and oxygen atoms in total. The number of halogens is 2. The summed E-state index contributed by atoms with van der Waals surface area (Å²) >= 11 is 14.3. The van der Waals surface area contributed by atoms with Crippen molar-refractivity contribution in [2.75, 3.05) is 0 Å². The lowest BCUT2D eigenvalue weighted by molar-refractivity contribution is -0.146. The molecule has 130 valence electrons. The van der Waals surface area contributed by atoms with Crippen LogP contribution in [-0.2, 0) is 17.6 Å². The van der Waals surface area contributed by atoms with Crippen LogP contribution in [0.15, 0.2) is 42.5 Å². The van der Waals surface area contributed by atoms with Gasteiger partial charge in [-0.15, -0.1) is 11.3 Å². The molecule has 0 spiro atoms. The van der Waals surface area contributed by atoms with E-state index in [1.807, 2.05) is 24.3 Å². The molecule has 0 atom stereocenters. The Morgan fingerprint density at radius 1 is 1.12 bits per heavy atom. The molecule has 0 aliphatic heterocycles. The monoisotopic (exact) mass is 392 g/mol. The zero-order chi connectivity index (χ0) is 18.2. The Balaban J connectivity index is 1.99. The Labute approximate surface area is 161 Å². The number of hydrogen-bond donors (Lipinski definition) is 1. The minimum Gasteiger partial charge on any atom is -0.481 e. The summed E-state index contributed by atoms with van der Waals surface area (Å²) in [5, 5.41) is 11.8. The molecule has 0 fully saturated rings. The zero-order valence-corrected chi connectivity index (χ0v) is 16.3. The fourth-order valence-electron chi connectivity index (χ4n) is 2.82. The molecule has 1 N–H and O–H groups in total. The summed E-state index contributed by atoms with van der Waals surface area (Å²) in [6.45, 7) is 3.51. The second-order valence-electron chi connectivity index (χ2n) is 6.78. The maximum Gasteiger partial charge on any atom is 0.309 e. The lowest BCUT2D eigenvalue weighted by Gasteiger charge is -2.17. The topological polar surface area (TPSA) is 37.3 Å². The van der Waals surface area contributed by atoms with Gasteiger partial charge < -0.3 is 5.11 Å². The first-order valence-electron chi connectivity index (χ1n) is 7.94. The minimum absolute atomic E-state index is 0.508. The molecule has 25 heavy (non-hydrogen) atoms. The smallest absolute Gasteiger partial charge is 0.309 e. The minimum atomic E-state index is -0.785. The van der Waals surface area contributed by atoms with E-state index in [2.05, 4.69) is 18.2 Å². The van der Waals surface area contributed by atoms with E-state index in [0.29, 0.717) is 22.9 Å². The van der Waals surface area contributed by atoms with Gasteiger partial charge in [0.25, 0.3) is 0 Å². The second kappa shape index (κ2) is 6.99. The quantitative estimate of drug-likeness (QED) is 0.541. The summed E-state index contributed by atoms with van der Waals surface area (Å²) in [6.07, 6.45) is 1.16. The molecule has 3 aromatic rings. The summed E-state index contributed by atoms with van der Waals surface area (Å²) in [5.74, 6) is -0.784. The van der Waals surface area contributed by atoms with E-state index in [9.17, 15) is 9.90 Å². The van der Waals surface area contributed by atoms with Crippen LogP contribution in [-0.4, -0.2) is 11.1 Å². The summed E-state index contributed by atoms with van der Waals surface area (Å²) in [4.78, 5) is 12.5. The zero-order valence-electron chi connectivity index (χ0n) is 14.0.